The standard InChI is InChI=1S/C24H27N3O6S/c1-17(22-14-18-4-2-3-5-20(18)33-22)25-24(28)16-26-8-10-27(11-9-26)34(29,30)19-6-7-21-23(15-19)32-13-12-31-21/h2-7,14-15,17H,8-13,16H2,1H3,(H,25,28). The zero-order chi connectivity index (χ0) is 23.7. The van der Waals surface area contributed by atoms with E-state index < -0.39 is 10.0 Å². The van der Waals surface area contributed by atoms with E-state index in [2.05, 4.69) is 5.32 Å². The van der Waals surface area contributed by atoms with Gasteiger partial charge in [-0.05, 0) is 31.2 Å². The SMILES string of the molecule is CC(NC(=O)CN1CCN(S(=O)(=O)c2ccc3c(c2)OCCO3)CC1)c1cc2ccccc2o1. The molecule has 0 saturated carbocycles. The lowest BCUT2D eigenvalue weighted by Gasteiger charge is -2.33. The summed E-state index contributed by atoms with van der Waals surface area (Å²) < 4.78 is 44.5. The van der Waals surface area contributed by atoms with E-state index >= 15 is 0 Å². The molecule has 34 heavy (non-hydrogen) atoms. The Bertz CT molecular complexity index is 1260. The number of hydrogen-bond acceptors (Lipinski definition) is 7. The van der Waals surface area contributed by atoms with E-state index in [4.69, 9.17) is 13.9 Å². The molecule has 1 atom stereocenters. The Hall–Kier alpha value is -3.08. The maximum atomic E-state index is 13.1. The van der Waals surface area contributed by atoms with Gasteiger partial charge in [0, 0.05) is 37.6 Å². The van der Waals surface area contributed by atoms with Gasteiger partial charge in [0.05, 0.1) is 17.5 Å². The van der Waals surface area contributed by atoms with Crippen LogP contribution < -0.4 is 14.8 Å². The van der Waals surface area contributed by atoms with E-state index in [0.29, 0.717) is 56.7 Å². The van der Waals surface area contributed by atoms with Gasteiger partial charge < -0.3 is 19.2 Å². The van der Waals surface area contributed by atoms with Crippen molar-refractivity contribution in [1.82, 2.24) is 14.5 Å². The Balaban J connectivity index is 1.15. The molecule has 1 fully saturated rings. The summed E-state index contributed by atoms with van der Waals surface area (Å²) in [5.74, 6) is 1.57. The van der Waals surface area contributed by atoms with Crippen molar-refractivity contribution in [2.24, 2.45) is 0 Å². The summed E-state index contributed by atoms with van der Waals surface area (Å²) in [4.78, 5) is 14.7. The number of nitrogens with zero attached hydrogens (tertiary/aromatic N) is 2. The van der Waals surface area contributed by atoms with Crippen molar-refractivity contribution in [3.05, 3.63) is 54.3 Å². The number of hydrogen-bond donors (Lipinski definition) is 1. The lowest BCUT2D eigenvalue weighted by Crippen LogP contribution is -2.51. The second kappa shape index (κ2) is 9.28. The quantitative estimate of drug-likeness (QED) is 0.572. The number of para-hydroxylation sites is 1. The molecule has 2 aliphatic heterocycles. The number of fused-ring (bicyclic) bond motifs is 2. The van der Waals surface area contributed by atoms with E-state index in [-0.39, 0.29) is 23.4 Å². The zero-order valence-corrected chi connectivity index (χ0v) is 19.7. The van der Waals surface area contributed by atoms with Crippen LogP contribution in [0.5, 0.6) is 11.5 Å². The van der Waals surface area contributed by atoms with Crippen LogP contribution in [0, 0.1) is 0 Å². The summed E-state index contributed by atoms with van der Waals surface area (Å²) in [6.07, 6.45) is 0. The number of amides is 1. The molecule has 180 valence electrons. The Morgan fingerprint density at radius 3 is 2.50 bits per heavy atom. The summed E-state index contributed by atoms with van der Waals surface area (Å²) in [5.41, 5.74) is 0.786. The Morgan fingerprint density at radius 1 is 1.00 bits per heavy atom. The number of carbonyl (C=O) groups is 1. The summed E-state index contributed by atoms with van der Waals surface area (Å²) in [5, 5.41) is 3.96. The molecule has 2 aliphatic rings. The van der Waals surface area contributed by atoms with Crippen LogP contribution >= 0.6 is 0 Å². The number of sulfonamides is 1. The molecule has 1 unspecified atom stereocenters. The number of benzene rings is 2. The third kappa shape index (κ3) is 4.61. The minimum atomic E-state index is -3.66. The number of nitrogens with one attached hydrogen (secondary N) is 1. The van der Waals surface area contributed by atoms with E-state index in [1.54, 1.807) is 12.1 Å². The van der Waals surface area contributed by atoms with Crippen molar-refractivity contribution >= 4 is 26.9 Å². The third-order valence-corrected chi connectivity index (χ3v) is 7.99. The Kier molecular flexibility index (Phi) is 6.20. The van der Waals surface area contributed by atoms with Gasteiger partial charge in [-0.2, -0.15) is 4.31 Å². The van der Waals surface area contributed by atoms with Crippen LogP contribution in [0.15, 0.2) is 57.8 Å². The highest BCUT2D eigenvalue weighted by Crippen LogP contribution is 2.33. The summed E-state index contributed by atoms with van der Waals surface area (Å²) in [6.45, 7) is 4.48. The fourth-order valence-electron chi connectivity index (χ4n) is 4.24. The second-order valence-electron chi connectivity index (χ2n) is 8.46. The molecule has 9 nitrogen and oxygen atoms in total. The van der Waals surface area contributed by atoms with Crippen molar-refractivity contribution in [3.8, 4) is 11.5 Å². The van der Waals surface area contributed by atoms with Gasteiger partial charge in [0.2, 0.25) is 15.9 Å². The molecule has 1 saturated heterocycles. The summed E-state index contributed by atoms with van der Waals surface area (Å²) >= 11 is 0. The van der Waals surface area contributed by atoms with Gasteiger partial charge in [-0.25, -0.2) is 8.42 Å². The molecule has 1 amide bonds. The molecule has 0 spiro atoms. The fraction of sp³-hybridized carbons (Fsp3) is 0.375. The smallest absolute Gasteiger partial charge is 0.243 e. The lowest BCUT2D eigenvalue weighted by atomic mass is 10.2. The molecule has 5 rings (SSSR count). The molecule has 1 aromatic heterocycles. The van der Waals surface area contributed by atoms with E-state index in [9.17, 15) is 13.2 Å². The van der Waals surface area contributed by atoms with Crippen LogP contribution in [0.3, 0.4) is 0 Å². The normalized spacial score (nSPS) is 18.0. The molecule has 0 radical (unpaired) electrons. The number of furan rings is 1. The predicted molar refractivity (Wildman–Crippen MR) is 125 cm³/mol. The molecule has 3 aromatic rings. The van der Waals surface area contributed by atoms with Crippen LogP contribution in [0.2, 0.25) is 0 Å². The number of rotatable bonds is 6. The Morgan fingerprint density at radius 2 is 1.74 bits per heavy atom. The molecule has 0 bridgehead atoms. The van der Waals surface area contributed by atoms with Gasteiger partial charge >= 0.3 is 0 Å². The molecule has 0 aliphatic carbocycles. The first kappa shape index (κ1) is 22.7. The fourth-order valence-corrected chi connectivity index (χ4v) is 5.68. The van der Waals surface area contributed by atoms with E-state index in [1.165, 1.54) is 10.4 Å². The topological polar surface area (TPSA) is 101 Å². The number of ether oxygens (including phenoxy) is 2. The maximum absolute atomic E-state index is 13.1. The van der Waals surface area contributed by atoms with Crippen LogP contribution in [0.4, 0.5) is 0 Å². The maximum Gasteiger partial charge on any atom is 0.243 e. The van der Waals surface area contributed by atoms with Crippen molar-refractivity contribution in [3.63, 3.8) is 0 Å². The second-order valence-corrected chi connectivity index (χ2v) is 10.4. The first-order valence-corrected chi connectivity index (χ1v) is 12.7. The third-order valence-electron chi connectivity index (χ3n) is 6.10. The highest BCUT2D eigenvalue weighted by molar-refractivity contribution is 7.89. The predicted octanol–water partition coefficient (Wildman–Crippen LogP) is 2.39. The first-order valence-electron chi connectivity index (χ1n) is 11.3. The minimum absolute atomic E-state index is 0.129. The van der Waals surface area contributed by atoms with Gasteiger partial charge in [-0.15, -0.1) is 0 Å². The minimum Gasteiger partial charge on any atom is -0.486 e. The molecule has 10 heteroatoms. The van der Waals surface area contributed by atoms with Crippen molar-refractivity contribution < 1.29 is 27.1 Å². The van der Waals surface area contributed by atoms with E-state index in [1.807, 2.05) is 42.2 Å². The van der Waals surface area contributed by atoms with Crippen LogP contribution in [0.1, 0.15) is 18.7 Å². The zero-order valence-electron chi connectivity index (χ0n) is 18.9. The molecular formula is C24H27N3O6S. The largest absolute Gasteiger partial charge is 0.486 e. The van der Waals surface area contributed by atoms with Crippen molar-refractivity contribution in [2.75, 3.05) is 45.9 Å². The van der Waals surface area contributed by atoms with Gasteiger partial charge in [0.25, 0.3) is 0 Å². The van der Waals surface area contributed by atoms with Gasteiger partial charge in [-0.1, -0.05) is 18.2 Å². The van der Waals surface area contributed by atoms with Gasteiger partial charge in [0.15, 0.2) is 11.5 Å². The van der Waals surface area contributed by atoms with Crippen LogP contribution in [0.25, 0.3) is 11.0 Å². The Labute approximate surface area is 198 Å². The van der Waals surface area contributed by atoms with Crippen LogP contribution in [-0.2, 0) is 14.8 Å². The summed E-state index contributed by atoms with van der Waals surface area (Å²) in [7, 11) is -3.66. The van der Waals surface area contributed by atoms with Crippen molar-refractivity contribution in [2.45, 2.75) is 17.9 Å². The average molecular weight is 486 g/mol. The summed E-state index contributed by atoms with van der Waals surface area (Å²) in [6, 6.07) is 14.1. The lowest BCUT2D eigenvalue weighted by molar-refractivity contribution is -0.123. The van der Waals surface area contributed by atoms with Gasteiger partial charge in [0.1, 0.15) is 24.6 Å². The number of piperazine rings is 1. The molecule has 3 heterocycles. The highest BCUT2D eigenvalue weighted by Gasteiger charge is 2.30. The molecular weight excluding hydrogens is 458 g/mol. The van der Waals surface area contributed by atoms with Crippen LogP contribution in [-0.4, -0.2) is 69.5 Å². The first-order chi connectivity index (χ1) is 16.4. The van der Waals surface area contributed by atoms with Crippen molar-refractivity contribution in [1.29, 1.82) is 0 Å². The van der Waals surface area contributed by atoms with E-state index in [0.717, 1.165) is 11.0 Å². The highest BCUT2D eigenvalue weighted by atomic mass is 32.2. The molecule has 2 aromatic carbocycles. The van der Waals surface area contributed by atoms with Gasteiger partial charge in [-0.3, -0.25) is 9.69 Å². The molecule has 1 N–H and O–H groups in total. The monoisotopic (exact) mass is 485 g/mol. The average Bonchev–Trinajstić information content (AvgIpc) is 3.29. The number of carbonyl (C=O) groups excluding carboxylic acids is 1.